The molecule has 1 aromatic carbocycles. The molecule has 0 aliphatic carbocycles. The van der Waals surface area contributed by atoms with Crippen LogP contribution in [0.5, 0.6) is 0 Å². The molecule has 1 saturated heterocycles. The molecule has 1 fully saturated rings. The Kier molecular flexibility index (Phi) is 5.43. The number of hydrogen-bond donors (Lipinski definition) is 1. The van der Waals surface area contributed by atoms with E-state index in [2.05, 4.69) is 52.9 Å². The average Bonchev–Trinajstić information content (AvgIpc) is 2.39. The number of halogens is 1. The van der Waals surface area contributed by atoms with E-state index in [1.165, 1.54) is 24.9 Å². The van der Waals surface area contributed by atoms with Crippen LogP contribution in [0.1, 0.15) is 44.7 Å². The second-order valence-corrected chi connectivity index (χ2v) is 6.89. The van der Waals surface area contributed by atoms with Crippen molar-refractivity contribution in [3.63, 3.8) is 0 Å². The largest absolute Gasteiger partial charge is 0.324 e. The van der Waals surface area contributed by atoms with Crippen LogP contribution in [0.2, 0.25) is 0 Å². The summed E-state index contributed by atoms with van der Waals surface area (Å²) in [6, 6.07) is 9.22. The van der Waals surface area contributed by atoms with Crippen molar-refractivity contribution in [1.82, 2.24) is 4.90 Å². The van der Waals surface area contributed by atoms with Crippen molar-refractivity contribution in [2.45, 2.75) is 45.2 Å². The molecule has 0 aromatic heterocycles. The van der Waals surface area contributed by atoms with Gasteiger partial charge in [0.15, 0.2) is 0 Å². The summed E-state index contributed by atoms with van der Waals surface area (Å²) in [6.45, 7) is 7.04. The summed E-state index contributed by atoms with van der Waals surface area (Å²) in [4.78, 5) is 2.60. The Labute approximate surface area is 125 Å². The fourth-order valence-electron chi connectivity index (χ4n) is 2.90. The van der Waals surface area contributed by atoms with Gasteiger partial charge < -0.3 is 10.6 Å². The molecular weight excluding hydrogens is 300 g/mol. The van der Waals surface area contributed by atoms with E-state index in [9.17, 15) is 0 Å². The third kappa shape index (κ3) is 4.30. The molecule has 2 rings (SSSR count). The lowest BCUT2D eigenvalue weighted by atomic mass is 9.94. The smallest absolute Gasteiger partial charge is 0.0307 e. The first-order valence-electron chi connectivity index (χ1n) is 7.31. The minimum atomic E-state index is 0.141. The number of rotatable bonds is 4. The minimum Gasteiger partial charge on any atom is -0.324 e. The molecule has 3 unspecified atom stereocenters. The number of hydrogen-bond acceptors (Lipinski definition) is 2. The van der Waals surface area contributed by atoms with Crippen molar-refractivity contribution in [1.29, 1.82) is 0 Å². The highest BCUT2D eigenvalue weighted by atomic mass is 79.9. The fourth-order valence-corrected chi connectivity index (χ4v) is 3.32. The Morgan fingerprint density at radius 2 is 2.16 bits per heavy atom. The summed E-state index contributed by atoms with van der Waals surface area (Å²) in [7, 11) is 0. The van der Waals surface area contributed by atoms with Gasteiger partial charge in [0.2, 0.25) is 0 Å². The Hall–Kier alpha value is -0.380. The lowest BCUT2D eigenvalue weighted by Crippen LogP contribution is -2.42. The lowest BCUT2D eigenvalue weighted by Gasteiger charge is -2.37. The highest BCUT2D eigenvalue weighted by Crippen LogP contribution is 2.24. The molecule has 0 amide bonds. The predicted octanol–water partition coefficient (Wildman–Crippen LogP) is 3.96. The standard InChI is InChI=1S/C16H25BrN2/c1-12-6-7-13(2)19(11-12)9-8-16(18)14-4-3-5-15(17)10-14/h3-5,10,12-13,16H,6-9,11,18H2,1-2H3. The topological polar surface area (TPSA) is 29.3 Å². The first-order chi connectivity index (χ1) is 9.06. The van der Waals surface area contributed by atoms with E-state index in [1.54, 1.807) is 0 Å². The van der Waals surface area contributed by atoms with Crippen LogP contribution in [0.3, 0.4) is 0 Å². The molecular formula is C16H25BrN2. The maximum atomic E-state index is 6.31. The van der Waals surface area contributed by atoms with Crippen LogP contribution < -0.4 is 5.73 Å². The Morgan fingerprint density at radius 3 is 2.89 bits per heavy atom. The zero-order valence-corrected chi connectivity index (χ0v) is 13.6. The number of likely N-dealkylation sites (tertiary alicyclic amines) is 1. The number of piperidine rings is 1. The normalized spacial score (nSPS) is 26.3. The van der Waals surface area contributed by atoms with Crippen LogP contribution in [-0.2, 0) is 0 Å². The molecule has 1 aliphatic rings. The molecule has 2 N–H and O–H groups in total. The van der Waals surface area contributed by atoms with Crippen molar-refractivity contribution in [2.24, 2.45) is 11.7 Å². The van der Waals surface area contributed by atoms with Gasteiger partial charge in [-0.2, -0.15) is 0 Å². The zero-order chi connectivity index (χ0) is 13.8. The van der Waals surface area contributed by atoms with Gasteiger partial charge in [-0.3, -0.25) is 0 Å². The van der Waals surface area contributed by atoms with Gasteiger partial charge in [0.1, 0.15) is 0 Å². The highest BCUT2D eigenvalue weighted by molar-refractivity contribution is 9.10. The van der Waals surface area contributed by atoms with E-state index in [1.807, 2.05) is 6.07 Å². The van der Waals surface area contributed by atoms with E-state index in [0.717, 1.165) is 23.4 Å². The van der Waals surface area contributed by atoms with E-state index in [0.29, 0.717) is 6.04 Å². The quantitative estimate of drug-likeness (QED) is 0.908. The molecule has 1 aliphatic heterocycles. The summed E-state index contributed by atoms with van der Waals surface area (Å²) in [5.41, 5.74) is 7.54. The third-order valence-corrected chi connectivity index (χ3v) is 4.74. The zero-order valence-electron chi connectivity index (χ0n) is 12.0. The first kappa shape index (κ1) is 15.0. The van der Waals surface area contributed by atoms with Gasteiger partial charge in [0.05, 0.1) is 0 Å². The van der Waals surface area contributed by atoms with Crippen LogP contribution in [0.4, 0.5) is 0 Å². The van der Waals surface area contributed by atoms with Crippen molar-refractivity contribution >= 4 is 15.9 Å². The van der Waals surface area contributed by atoms with Crippen LogP contribution in [0, 0.1) is 5.92 Å². The molecule has 0 bridgehead atoms. The summed E-state index contributed by atoms with van der Waals surface area (Å²) in [5.74, 6) is 0.832. The van der Waals surface area contributed by atoms with Crippen LogP contribution in [0.25, 0.3) is 0 Å². The summed E-state index contributed by atoms with van der Waals surface area (Å²) < 4.78 is 1.11. The molecule has 0 saturated carbocycles. The first-order valence-corrected chi connectivity index (χ1v) is 8.10. The Morgan fingerprint density at radius 1 is 1.37 bits per heavy atom. The Bertz CT molecular complexity index is 407. The van der Waals surface area contributed by atoms with Gasteiger partial charge in [0, 0.05) is 29.6 Å². The van der Waals surface area contributed by atoms with E-state index < -0.39 is 0 Å². The maximum Gasteiger partial charge on any atom is 0.0307 e. The molecule has 19 heavy (non-hydrogen) atoms. The highest BCUT2D eigenvalue weighted by Gasteiger charge is 2.22. The summed E-state index contributed by atoms with van der Waals surface area (Å²) in [5, 5.41) is 0. The fraction of sp³-hybridized carbons (Fsp3) is 0.625. The molecule has 2 nitrogen and oxygen atoms in total. The van der Waals surface area contributed by atoms with Gasteiger partial charge in [-0.05, 0) is 49.8 Å². The maximum absolute atomic E-state index is 6.31. The predicted molar refractivity (Wildman–Crippen MR) is 85.1 cm³/mol. The van der Waals surface area contributed by atoms with Crippen molar-refractivity contribution in [3.05, 3.63) is 34.3 Å². The van der Waals surface area contributed by atoms with E-state index in [4.69, 9.17) is 5.73 Å². The van der Waals surface area contributed by atoms with Gasteiger partial charge >= 0.3 is 0 Å². The monoisotopic (exact) mass is 324 g/mol. The number of nitrogens with zero attached hydrogens (tertiary/aromatic N) is 1. The van der Waals surface area contributed by atoms with Crippen molar-refractivity contribution in [2.75, 3.05) is 13.1 Å². The molecule has 1 aromatic rings. The second-order valence-electron chi connectivity index (χ2n) is 5.98. The van der Waals surface area contributed by atoms with E-state index >= 15 is 0 Å². The SMILES string of the molecule is CC1CCC(C)N(CCC(N)c2cccc(Br)c2)C1. The summed E-state index contributed by atoms with van der Waals surface area (Å²) in [6.07, 6.45) is 3.73. The molecule has 1 heterocycles. The minimum absolute atomic E-state index is 0.141. The summed E-state index contributed by atoms with van der Waals surface area (Å²) >= 11 is 3.51. The molecule has 106 valence electrons. The van der Waals surface area contributed by atoms with E-state index in [-0.39, 0.29) is 6.04 Å². The van der Waals surface area contributed by atoms with Gasteiger partial charge in [-0.1, -0.05) is 35.0 Å². The van der Waals surface area contributed by atoms with Crippen molar-refractivity contribution in [3.8, 4) is 0 Å². The molecule has 3 atom stereocenters. The number of benzene rings is 1. The van der Waals surface area contributed by atoms with Crippen LogP contribution >= 0.6 is 15.9 Å². The van der Waals surface area contributed by atoms with Crippen molar-refractivity contribution < 1.29 is 0 Å². The van der Waals surface area contributed by atoms with Crippen LogP contribution in [-0.4, -0.2) is 24.0 Å². The molecule has 0 spiro atoms. The molecule has 0 radical (unpaired) electrons. The van der Waals surface area contributed by atoms with Gasteiger partial charge in [-0.15, -0.1) is 0 Å². The second kappa shape index (κ2) is 6.87. The molecule has 3 heteroatoms. The third-order valence-electron chi connectivity index (χ3n) is 4.25. The van der Waals surface area contributed by atoms with Gasteiger partial charge in [0.25, 0.3) is 0 Å². The van der Waals surface area contributed by atoms with Gasteiger partial charge in [-0.25, -0.2) is 0 Å². The lowest BCUT2D eigenvalue weighted by molar-refractivity contribution is 0.121. The average molecular weight is 325 g/mol. The Balaban J connectivity index is 1.87. The number of nitrogens with two attached hydrogens (primary N) is 1. The van der Waals surface area contributed by atoms with Crippen LogP contribution in [0.15, 0.2) is 28.7 Å².